The van der Waals surface area contributed by atoms with Gasteiger partial charge in [0.05, 0.1) is 10.7 Å². The normalized spacial score (nSPS) is 17.8. The van der Waals surface area contributed by atoms with E-state index in [-0.39, 0.29) is 0 Å². The van der Waals surface area contributed by atoms with E-state index in [4.69, 9.17) is 0 Å². The van der Waals surface area contributed by atoms with Crippen molar-refractivity contribution in [3.05, 3.63) is 16.1 Å². The molecule has 0 aliphatic heterocycles. The van der Waals surface area contributed by atoms with Crippen LogP contribution in [0.3, 0.4) is 0 Å². The van der Waals surface area contributed by atoms with Crippen LogP contribution in [0, 0.1) is 5.92 Å². The summed E-state index contributed by atoms with van der Waals surface area (Å²) in [6, 6.07) is 0. The predicted octanol–water partition coefficient (Wildman–Crippen LogP) is 3.38. The van der Waals surface area contributed by atoms with Crippen LogP contribution in [0.2, 0.25) is 0 Å². The van der Waals surface area contributed by atoms with Gasteiger partial charge in [-0.05, 0) is 31.7 Å². The van der Waals surface area contributed by atoms with Crippen molar-refractivity contribution in [1.82, 2.24) is 10.3 Å². The fraction of sp³-hybridized carbons (Fsp3) is 0.769. The Morgan fingerprint density at radius 2 is 2.19 bits per heavy atom. The SMILES string of the molecule is CCc1nc(CNCC2CCCCC2)cs1. The highest BCUT2D eigenvalue weighted by Gasteiger charge is 2.12. The molecule has 0 saturated heterocycles. The van der Waals surface area contributed by atoms with Gasteiger partial charge in [0.2, 0.25) is 0 Å². The molecule has 2 rings (SSSR count). The fourth-order valence-electron chi connectivity index (χ4n) is 2.39. The predicted molar refractivity (Wildman–Crippen MR) is 69.8 cm³/mol. The van der Waals surface area contributed by atoms with Gasteiger partial charge in [-0.25, -0.2) is 4.98 Å². The van der Waals surface area contributed by atoms with Gasteiger partial charge >= 0.3 is 0 Å². The van der Waals surface area contributed by atoms with Crippen LogP contribution < -0.4 is 5.32 Å². The molecule has 0 unspecified atom stereocenters. The van der Waals surface area contributed by atoms with Gasteiger partial charge in [-0.1, -0.05) is 26.2 Å². The Labute approximate surface area is 102 Å². The number of nitrogens with one attached hydrogen (secondary N) is 1. The molecule has 1 aromatic heterocycles. The van der Waals surface area contributed by atoms with Crippen molar-refractivity contribution < 1.29 is 0 Å². The number of aromatic nitrogens is 1. The second-order valence-electron chi connectivity index (χ2n) is 4.72. The molecule has 0 bridgehead atoms. The fourth-order valence-corrected chi connectivity index (χ4v) is 3.13. The first-order chi connectivity index (χ1) is 7.88. The van der Waals surface area contributed by atoms with Gasteiger partial charge in [0.25, 0.3) is 0 Å². The number of nitrogens with zero attached hydrogens (tertiary/aromatic N) is 1. The second-order valence-corrected chi connectivity index (χ2v) is 5.66. The lowest BCUT2D eigenvalue weighted by Gasteiger charge is -2.21. The topological polar surface area (TPSA) is 24.9 Å². The molecular formula is C13H22N2S. The molecule has 1 aliphatic carbocycles. The van der Waals surface area contributed by atoms with Crippen molar-refractivity contribution in [2.45, 2.75) is 52.0 Å². The summed E-state index contributed by atoms with van der Waals surface area (Å²) >= 11 is 1.78. The highest BCUT2D eigenvalue weighted by Crippen LogP contribution is 2.22. The Balaban J connectivity index is 1.66. The zero-order valence-electron chi connectivity index (χ0n) is 10.2. The van der Waals surface area contributed by atoms with E-state index in [0.29, 0.717) is 0 Å². The summed E-state index contributed by atoms with van der Waals surface area (Å²) in [5.41, 5.74) is 1.22. The summed E-state index contributed by atoms with van der Waals surface area (Å²) in [6.45, 7) is 4.30. The first kappa shape index (κ1) is 12.1. The monoisotopic (exact) mass is 238 g/mol. The minimum atomic E-state index is 0.915. The van der Waals surface area contributed by atoms with E-state index in [1.807, 2.05) is 0 Å². The number of aryl methyl sites for hydroxylation is 1. The minimum Gasteiger partial charge on any atom is -0.311 e. The maximum atomic E-state index is 4.57. The molecule has 1 N–H and O–H groups in total. The lowest BCUT2D eigenvalue weighted by molar-refractivity contribution is 0.341. The van der Waals surface area contributed by atoms with Gasteiger partial charge in [-0.15, -0.1) is 11.3 Å². The summed E-state index contributed by atoms with van der Waals surface area (Å²) in [7, 11) is 0. The zero-order valence-corrected chi connectivity index (χ0v) is 11.0. The van der Waals surface area contributed by atoms with Crippen LogP contribution >= 0.6 is 11.3 Å². The van der Waals surface area contributed by atoms with Crippen molar-refractivity contribution >= 4 is 11.3 Å². The van der Waals surface area contributed by atoms with E-state index in [1.54, 1.807) is 11.3 Å². The molecule has 3 heteroatoms. The Morgan fingerprint density at radius 1 is 1.38 bits per heavy atom. The van der Waals surface area contributed by atoms with E-state index in [0.717, 1.165) is 18.9 Å². The van der Waals surface area contributed by atoms with E-state index in [2.05, 4.69) is 22.6 Å². The largest absolute Gasteiger partial charge is 0.311 e. The quantitative estimate of drug-likeness (QED) is 0.850. The molecule has 0 spiro atoms. The molecule has 0 amide bonds. The molecule has 0 atom stereocenters. The van der Waals surface area contributed by atoms with Crippen LogP contribution in [0.15, 0.2) is 5.38 Å². The minimum absolute atomic E-state index is 0.915. The van der Waals surface area contributed by atoms with Crippen molar-refractivity contribution in [3.63, 3.8) is 0 Å². The Morgan fingerprint density at radius 3 is 2.88 bits per heavy atom. The van der Waals surface area contributed by atoms with Gasteiger partial charge in [-0.3, -0.25) is 0 Å². The van der Waals surface area contributed by atoms with Gasteiger partial charge < -0.3 is 5.32 Å². The van der Waals surface area contributed by atoms with E-state index in [9.17, 15) is 0 Å². The molecule has 90 valence electrons. The first-order valence-corrected chi connectivity index (χ1v) is 7.40. The van der Waals surface area contributed by atoms with Crippen LogP contribution in [0.25, 0.3) is 0 Å². The Hall–Kier alpha value is -0.410. The number of hydrogen-bond donors (Lipinski definition) is 1. The van der Waals surface area contributed by atoms with E-state index < -0.39 is 0 Å². The van der Waals surface area contributed by atoms with Gasteiger partial charge in [0.1, 0.15) is 0 Å². The molecule has 1 saturated carbocycles. The third-order valence-electron chi connectivity index (χ3n) is 3.37. The van der Waals surface area contributed by atoms with Crippen LogP contribution in [-0.4, -0.2) is 11.5 Å². The molecule has 2 nitrogen and oxygen atoms in total. The number of hydrogen-bond acceptors (Lipinski definition) is 3. The Kier molecular flexibility index (Phi) is 4.79. The highest BCUT2D eigenvalue weighted by molar-refractivity contribution is 7.09. The first-order valence-electron chi connectivity index (χ1n) is 6.52. The summed E-state index contributed by atoms with van der Waals surface area (Å²) < 4.78 is 0. The van der Waals surface area contributed by atoms with E-state index in [1.165, 1.54) is 49.4 Å². The van der Waals surface area contributed by atoms with Crippen molar-refractivity contribution in [1.29, 1.82) is 0 Å². The molecule has 0 aromatic carbocycles. The maximum absolute atomic E-state index is 4.57. The van der Waals surface area contributed by atoms with Gasteiger partial charge in [0, 0.05) is 11.9 Å². The number of thiazole rings is 1. The second kappa shape index (κ2) is 6.36. The summed E-state index contributed by atoms with van der Waals surface area (Å²) in [4.78, 5) is 4.57. The van der Waals surface area contributed by atoms with E-state index >= 15 is 0 Å². The van der Waals surface area contributed by atoms with Crippen molar-refractivity contribution in [3.8, 4) is 0 Å². The standard InChI is InChI=1S/C13H22N2S/c1-2-13-15-12(10-16-13)9-14-8-11-6-4-3-5-7-11/h10-11,14H,2-9H2,1H3. The van der Waals surface area contributed by atoms with Gasteiger partial charge in [0.15, 0.2) is 0 Å². The summed E-state index contributed by atoms with van der Waals surface area (Å²) in [5.74, 6) is 0.915. The van der Waals surface area contributed by atoms with Crippen molar-refractivity contribution in [2.24, 2.45) is 5.92 Å². The maximum Gasteiger partial charge on any atom is 0.0926 e. The average Bonchev–Trinajstić information content (AvgIpc) is 2.78. The Bertz CT molecular complexity index is 303. The molecular weight excluding hydrogens is 216 g/mol. The average molecular weight is 238 g/mol. The van der Waals surface area contributed by atoms with Gasteiger partial charge in [-0.2, -0.15) is 0 Å². The van der Waals surface area contributed by atoms with Crippen molar-refractivity contribution in [2.75, 3.05) is 6.54 Å². The molecule has 16 heavy (non-hydrogen) atoms. The lowest BCUT2D eigenvalue weighted by Crippen LogP contribution is -2.24. The number of rotatable bonds is 5. The third-order valence-corrected chi connectivity index (χ3v) is 4.41. The molecule has 0 radical (unpaired) electrons. The molecule has 1 aliphatic rings. The smallest absolute Gasteiger partial charge is 0.0926 e. The zero-order chi connectivity index (χ0) is 11.2. The van der Waals surface area contributed by atoms with Crippen LogP contribution in [0.4, 0.5) is 0 Å². The van der Waals surface area contributed by atoms with Crippen LogP contribution in [0.5, 0.6) is 0 Å². The molecule has 1 aromatic rings. The highest BCUT2D eigenvalue weighted by atomic mass is 32.1. The lowest BCUT2D eigenvalue weighted by atomic mass is 9.89. The molecule has 1 heterocycles. The molecule has 1 fully saturated rings. The van der Waals surface area contributed by atoms with Crippen LogP contribution in [0.1, 0.15) is 49.7 Å². The summed E-state index contributed by atoms with van der Waals surface area (Å²) in [5, 5.41) is 7.00. The summed E-state index contributed by atoms with van der Waals surface area (Å²) in [6.07, 6.45) is 8.22. The van der Waals surface area contributed by atoms with Crippen LogP contribution in [-0.2, 0) is 13.0 Å². The third kappa shape index (κ3) is 3.56.